The Kier molecular flexibility index (Phi) is 5.01. The molecule has 1 aromatic heterocycles. The van der Waals surface area contributed by atoms with Crippen molar-refractivity contribution in [1.29, 1.82) is 0 Å². The summed E-state index contributed by atoms with van der Waals surface area (Å²) in [5.41, 5.74) is 2.56. The van der Waals surface area contributed by atoms with E-state index in [4.69, 9.17) is 0 Å². The van der Waals surface area contributed by atoms with Crippen LogP contribution in [-0.4, -0.2) is 17.4 Å². The van der Waals surface area contributed by atoms with Crippen LogP contribution >= 0.6 is 11.3 Å². The van der Waals surface area contributed by atoms with E-state index in [-0.39, 0.29) is 11.7 Å². The fourth-order valence-corrected chi connectivity index (χ4v) is 3.42. The second-order valence-corrected chi connectivity index (χ2v) is 6.49. The smallest absolute Gasteiger partial charge is 0.251 e. The van der Waals surface area contributed by atoms with Crippen molar-refractivity contribution in [2.45, 2.75) is 13.3 Å². The monoisotopic (exact) mass is 340 g/mol. The third-order valence-electron chi connectivity index (χ3n) is 3.66. The lowest BCUT2D eigenvalue weighted by atomic mass is 10.2. The Balaban J connectivity index is 1.60. The van der Waals surface area contributed by atoms with Gasteiger partial charge in [0.1, 0.15) is 10.8 Å². The van der Waals surface area contributed by atoms with Gasteiger partial charge in [0.15, 0.2) is 0 Å². The topological polar surface area (TPSA) is 42.0 Å². The normalized spacial score (nSPS) is 10.6. The summed E-state index contributed by atoms with van der Waals surface area (Å²) < 4.78 is 12.9. The standard InChI is InChI=1S/C19H17FN2OS/c1-13-17(24-19(22-13)15-5-3-2-4-6-15)11-12-21-18(23)14-7-9-16(20)10-8-14/h2-10H,11-12H2,1H3,(H,21,23). The van der Waals surface area contributed by atoms with E-state index in [1.165, 1.54) is 24.3 Å². The highest BCUT2D eigenvalue weighted by Gasteiger charge is 2.10. The molecule has 2 aromatic carbocycles. The van der Waals surface area contributed by atoms with Crippen LogP contribution in [0.15, 0.2) is 54.6 Å². The molecule has 1 N–H and O–H groups in total. The van der Waals surface area contributed by atoms with Crippen LogP contribution in [0.25, 0.3) is 10.6 Å². The van der Waals surface area contributed by atoms with Crippen molar-refractivity contribution in [2.24, 2.45) is 0 Å². The van der Waals surface area contributed by atoms with Gasteiger partial charge in [0.2, 0.25) is 0 Å². The molecule has 0 bridgehead atoms. The van der Waals surface area contributed by atoms with Crippen molar-refractivity contribution < 1.29 is 9.18 Å². The minimum atomic E-state index is -0.347. The summed E-state index contributed by atoms with van der Waals surface area (Å²) in [6.45, 7) is 2.51. The fraction of sp³-hybridized carbons (Fsp3) is 0.158. The van der Waals surface area contributed by atoms with E-state index in [1.807, 2.05) is 37.3 Å². The van der Waals surface area contributed by atoms with Gasteiger partial charge < -0.3 is 5.32 Å². The Morgan fingerprint density at radius 1 is 1.12 bits per heavy atom. The number of nitrogens with zero attached hydrogens (tertiary/aromatic N) is 1. The number of rotatable bonds is 5. The molecule has 0 atom stereocenters. The number of aromatic nitrogens is 1. The van der Waals surface area contributed by atoms with Gasteiger partial charge in [0.25, 0.3) is 5.91 Å². The van der Waals surface area contributed by atoms with E-state index >= 15 is 0 Å². The van der Waals surface area contributed by atoms with E-state index in [0.29, 0.717) is 12.1 Å². The second kappa shape index (κ2) is 7.36. The van der Waals surface area contributed by atoms with Crippen molar-refractivity contribution in [3.63, 3.8) is 0 Å². The van der Waals surface area contributed by atoms with Crippen LogP contribution in [0.1, 0.15) is 20.9 Å². The van der Waals surface area contributed by atoms with Gasteiger partial charge in [-0.2, -0.15) is 0 Å². The highest BCUT2D eigenvalue weighted by molar-refractivity contribution is 7.15. The summed E-state index contributed by atoms with van der Waals surface area (Å²) >= 11 is 1.65. The molecule has 3 aromatic rings. The highest BCUT2D eigenvalue weighted by atomic mass is 32.1. The second-order valence-electron chi connectivity index (χ2n) is 5.41. The summed E-state index contributed by atoms with van der Waals surface area (Å²) in [6, 6.07) is 15.6. The summed E-state index contributed by atoms with van der Waals surface area (Å²) in [6.07, 6.45) is 0.725. The van der Waals surface area contributed by atoms with Crippen LogP contribution in [-0.2, 0) is 6.42 Å². The third kappa shape index (κ3) is 3.86. The van der Waals surface area contributed by atoms with E-state index in [0.717, 1.165) is 27.6 Å². The Hall–Kier alpha value is -2.53. The van der Waals surface area contributed by atoms with Crippen LogP contribution in [0.5, 0.6) is 0 Å². The lowest BCUT2D eigenvalue weighted by Crippen LogP contribution is -2.25. The molecule has 0 saturated carbocycles. The minimum Gasteiger partial charge on any atom is -0.352 e. The van der Waals surface area contributed by atoms with Gasteiger partial charge in [-0.15, -0.1) is 11.3 Å². The number of thiazole rings is 1. The molecule has 0 spiro atoms. The molecular weight excluding hydrogens is 323 g/mol. The molecule has 3 nitrogen and oxygen atoms in total. The summed E-state index contributed by atoms with van der Waals surface area (Å²) in [4.78, 5) is 17.8. The molecule has 122 valence electrons. The molecule has 0 aliphatic rings. The minimum absolute atomic E-state index is 0.194. The number of nitrogens with one attached hydrogen (secondary N) is 1. The average Bonchev–Trinajstić information content (AvgIpc) is 2.97. The molecular formula is C19H17FN2OS. The van der Waals surface area contributed by atoms with Crippen LogP contribution in [0.2, 0.25) is 0 Å². The first kappa shape index (κ1) is 16.3. The van der Waals surface area contributed by atoms with Gasteiger partial charge in [-0.25, -0.2) is 9.37 Å². The first-order chi connectivity index (χ1) is 11.6. The number of hydrogen-bond donors (Lipinski definition) is 1. The van der Waals surface area contributed by atoms with Gasteiger partial charge in [0, 0.05) is 29.0 Å². The molecule has 1 amide bonds. The van der Waals surface area contributed by atoms with Crippen LogP contribution in [0.4, 0.5) is 4.39 Å². The largest absolute Gasteiger partial charge is 0.352 e. The molecule has 0 radical (unpaired) electrons. The maximum Gasteiger partial charge on any atom is 0.251 e. The quantitative estimate of drug-likeness (QED) is 0.755. The fourth-order valence-electron chi connectivity index (χ4n) is 2.36. The molecule has 0 aliphatic heterocycles. The van der Waals surface area contributed by atoms with E-state index in [1.54, 1.807) is 11.3 Å². The number of hydrogen-bond acceptors (Lipinski definition) is 3. The zero-order valence-electron chi connectivity index (χ0n) is 13.3. The van der Waals surface area contributed by atoms with Crippen molar-refractivity contribution >= 4 is 17.2 Å². The van der Waals surface area contributed by atoms with Gasteiger partial charge in [-0.1, -0.05) is 30.3 Å². The molecule has 3 rings (SSSR count). The predicted octanol–water partition coefficient (Wildman–Crippen LogP) is 4.23. The van der Waals surface area contributed by atoms with Crippen molar-refractivity contribution in [2.75, 3.05) is 6.54 Å². The van der Waals surface area contributed by atoms with Gasteiger partial charge in [-0.05, 0) is 31.2 Å². The number of halogens is 1. The number of carbonyl (C=O) groups is 1. The first-order valence-electron chi connectivity index (χ1n) is 7.69. The number of aryl methyl sites for hydroxylation is 1. The predicted molar refractivity (Wildman–Crippen MR) is 94.7 cm³/mol. The number of carbonyl (C=O) groups excluding carboxylic acids is 1. The maximum absolute atomic E-state index is 12.9. The molecule has 0 saturated heterocycles. The molecule has 5 heteroatoms. The SMILES string of the molecule is Cc1nc(-c2ccccc2)sc1CCNC(=O)c1ccc(F)cc1. The van der Waals surface area contributed by atoms with E-state index < -0.39 is 0 Å². The Bertz CT molecular complexity index is 828. The Labute approximate surface area is 144 Å². The highest BCUT2D eigenvalue weighted by Crippen LogP contribution is 2.27. The Morgan fingerprint density at radius 3 is 2.54 bits per heavy atom. The first-order valence-corrected chi connectivity index (χ1v) is 8.50. The summed E-state index contributed by atoms with van der Waals surface area (Å²) in [5.74, 6) is -0.541. The van der Waals surface area contributed by atoms with E-state index in [9.17, 15) is 9.18 Å². The zero-order chi connectivity index (χ0) is 16.9. The lowest BCUT2D eigenvalue weighted by molar-refractivity contribution is 0.0954. The third-order valence-corrected chi connectivity index (χ3v) is 4.92. The molecule has 1 heterocycles. The van der Waals surface area contributed by atoms with Crippen LogP contribution < -0.4 is 5.32 Å². The Morgan fingerprint density at radius 2 is 1.83 bits per heavy atom. The summed E-state index contributed by atoms with van der Waals surface area (Å²) in [5, 5.41) is 3.85. The molecule has 0 aliphatic carbocycles. The van der Waals surface area contributed by atoms with Gasteiger partial charge in [-0.3, -0.25) is 4.79 Å². The molecule has 0 fully saturated rings. The van der Waals surface area contributed by atoms with Gasteiger partial charge in [0.05, 0.1) is 5.69 Å². The zero-order valence-corrected chi connectivity index (χ0v) is 14.1. The lowest BCUT2D eigenvalue weighted by Gasteiger charge is -2.04. The van der Waals surface area contributed by atoms with Gasteiger partial charge >= 0.3 is 0 Å². The number of amides is 1. The summed E-state index contributed by atoms with van der Waals surface area (Å²) in [7, 11) is 0. The molecule has 0 unspecified atom stereocenters. The number of benzene rings is 2. The van der Waals surface area contributed by atoms with Crippen molar-refractivity contribution in [1.82, 2.24) is 10.3 Å². The van der Waals surface area contributed by atoms with Crippen molar-refractivity contribution in [3.05, 3.63) is 76.5 Å². The van der Waals surface area contributed by atoms with Crippen LogP contribution in [0.3, 0.4) is 0 Å². The van der Waals surface area contributed by atoms with Crippen molar-refractivity contribution in [3.8, 4) is 10.6 Å². The van der Waals surface area contributed by atoms with Crippen LogP contribution in [0, 0.1) is 12.7 Å². The average molecular weight is 340 g/mol. The molecule has 24 heavy (non-hydrogen) atoms. The van der Waals surface area contributed by atoms with E-state index in [2.05, 4.69) is 10.3 Å². The maximum atomic E-state index is 12.9.